The summed E-state index contributed by atoms with van der Waals surface area (Å²) in [6.45, 7) is 1.09. The molecule has 156 valence electrons. The van der Waals surface area contributed by atoms with Crippen LogP contribution in [0.1, 0.15) is 53.7 Å². The van der Waals surface area contributed by atoms with Gasteiger partial charge in [-0.2, -0.15) is 0 Å². The van der Waals surface area contributed by atoms with Crippen molar-refractivity contribution in [1.29, 1.82) is 0 Å². The summed E-state index contributed by atoms with van der Waals surface area (Å²) in [6, 6.07) is 18.2. The van der Waals surface area contributed by atoms with Gasteiger partial charge in [0.2, 0.25) is 0 Å². The van der Waals surface area contributed by atoms with E-state index < -0.39 is 5.82 Å². The van der Waals surface area contributed by atoms with Crippen molar-refractivity contribution in [3.8, 4) is 0 Å². The highest BCUT2D eigenvalue weighted by Crippen LogP contribution is 2.27. The molecule has 1 saturated carbocycles. The molecule has 4 rings (SSSR count). The SMILES string of the molecule is O=C(c1ccccc1F)N(Cc1cccn1Cc1ccccc1Cl)C1CCCCC1. The second kappa shape index (κ2) is 9.48. The van der Waals surface area contributed by atoms with Crippen molar-refractivity contribution in [2.24, 2.45) is 0 Å². The van der Waals surface area contributed by atoms with E-state index in [4.69, 9.17) is 11.6 Å². The van der Waals surface area contributed by atoms with Gasteiger partial charge in [-0.3, -0.25) is 4.79 Å². The van der Waals surface area contributed by atoms with Crippen LogP contribution in [0.4, 0.5) is 4.39 Å². The van der Waals surface area contributed by atoms with Crippen LogP contribution >= 0.6 is 11.6 Å². The highest BCUT2D eigenvalue weighted by atomic mass is 35.5. The summed E-state index contributed by atoms with van der Waals surface area (Å²) in [4.78, 5) is 15.2. The zero-order chi connectivity index (χ0) is 20.9. The molecule has 0 N–H and O–H groups in total. The highest BCUT2D eigenvalue weighted by molar-refractivity contribution is 6.31. The molecule has 1 fully saturated rings. The number of halogens is 2. The molecule has 0 unspecified atom stereocenters. The highest BCUT2D eigenvalue weighted by Gasteiger charge is 2.28. The molecule has 1 aliphatic rings. The van der Waals surface area contributed by atoms with Gasteiger partial charge in [-0.05, 0) is 48.7 Å². The average Bonchev–Trinajstić information content (AvgIpc) is 3.21. The number of carbonyl (C=O) groups is 1. The largest absolute Gasteiger partial charge is 0.345 e. The predicted octanol–water partition coefficient (Wildman–Crippen LogP) is 6.30. The molecular weight excluding hydrogens is 399 g/mol. The first-order chi connectivity index (χ1) is 14.6. The van der Waals surface area contributed by atoms with Crippen LogP contribution in [0.2, 0.25) is 5.02 Å². The third-order valence-corrected chi connectivity index (χ3v) is 6.30. The fourth-order valence-electron chi connectivity index (χ4n) is 4.28. The number of hydrogen-bond donors (Lipinski definition) is 0. The lowest BCUT2D eigenvalue weighted by atomic mass is 9.93. The van der Waals surface area contributed by atoms with E-state index in [-0.39, 0.29) is 17.5 Å². The smallest absolute Gasteiger partial charge is 0.257 e. The summed E-state index contributed by atoms with van der Waals surface area (Å²) in [5.41, 5.74) is 2.19. The number of rotatable bonds is 6. The Kier molecular flexibility index (Phi) is 6.53. The standard InChI is InChI=1S/C25H26ClFN2O/c26-23-14-6-4-9-19(23)17-28-16-8-12-21(28)18-29(20-10-2-1-3-11-20)25(30)22-13-5-7-15-24(22)27/h4-9,12-16,20H,1-3,10-11,17-18H2. The van der Waals surface area contributed by atoms with E-state index in [1.807, 2.05) is 47.5 Å². The molecule has 0 aliphatic heterocycles. The number of hydrogen-bond acceptors (Lipinski definition) is 1. The summed E-state index contributed by atoms with van der Waals surface area (Å²) in [5.74, 6) is -0.694. The van der Waals surface area contributed by atoms with E-state index in [0.717, 1.165) is 42.0 Å². The zero-order valence-electron chi connectivity index (χ0n) is 16.9. The monoisotopic (exact) mass is 424 g/mol. The maximum Gasteiger partial charge on any atom is 0.257 e. The lowest BCUT2D eigenvalue weighted by Crippen LogP contribution is -2.41. The van der Waals surface area contributed by atoms with Gasteiger partial charge in [-0.25, -0.2) is 4.39 Å². The Balaban J connectivity index is 1.61. The van der Waals surface area contributed by atoms with Crippen LogP contribution in [0.3, 0.4) is 0 Å². The van der Waals surface area contributed by atoms with E-state index in [0.29, 0.717) is 13.1 Å². The van der Waals surface area contributed by atoms with E-state index in [2.05, 4.69) is 4.57 Å². The molecule has 1 amide bonds. The lowest BCUT2D eigenvalue weighted by molar-refractivity contribution is 0.0604. The number of aromatic nitrogens is 1. The van der Waals surface area contributed by atoms with Gasteiger partial charge in [0.15, 0.2) is 0 Å². The van der Waals surface area contributed by atoms with Crippen LogP contribution in [0.5, 0.6) is 0 Å². The molecule has 3 aromatic rings. The maximum absolute atomic E-state index is 14.4. The molecule has 0 bridgehead atoms. The molecule has 5 heteroatoms. The fraction of sp³-hybridized carbons (Fsp3) is 0.320. The van der Waals surface area contributed by atoms with Crippen LogP contribution in [0.25, 0.3) is 0 Å². The van der Waals surface area contributed by atoms with Crippen LogP contribution in [-0.4, -0.2) is 21.4 Å². The van der Waals surface area contributed by atoms with Gasteiger partial charge in [0.1, 0.15) is 5.82 Å². The van der Waals surface area contributed by atoms with Gasteiger partial charge >= 0.3 is 0 Å². The Hall–Kier alpha value is -2.59. The molecule has 2 aromatic carbocycles. The number of nitrogens with zero attached hydrogens (tertiary/aromatic N) is 2. The van der Waals surface area contributed by atoms with Crippen LogP contribution < -0.4 is 0 Å². The third-order valence-electron chi connectivity index (χ3n) is 5.93. The Labute approximate surface area is 182 Å². The minimum Gasteiger partial charge on any atom is -0.345 e. The molecule has 0 radical (unpaired) electrons. The van der Waals surface area contributed by atoms with Crippen molar-refractivity contribution < 1.29 is 9.18 Å². The first-order valence-electron chi connectivity index (χ1n) is 10.6. The zero-order valence-corrected chi connectivity index (χ0v) is 17.7. The fourth-order valence-corrected chi connectivity index (χ4v) is 4.48. The van der Waals surface area contributed by atoms with Gasteiger partial charge in [-0.1, -0.05) is 61.2 Å². The van der Waals surface area contributed by atoms with E-state index in [9.17, 15) is 9.18 Å². The Bertz CT molecular complexity index is 1010. The molecule has 1 aromatic heterocycles. The van der Waals surface area contributed by atoms with E-state index in [1.54, 1.807) is 18.2 Å². The molecule has 1 aliphatic carbocycles. The summed E-state index contributed by atoms with van der Waals surface area (Å²) in [6.07, 6.45) is 7.34. The van der Waals surface area contributed by atoms with Gasteiger partial charge in [-0.15, -0.1) is 0 Å². The second-order valence-electron chi connectivity index (χ2n) is 7.92. The van der Waals surface area contributed by atoms with Crippen molar-refractivity contribution in [2.45, 2.75) is 51.2 Å². The number of benzene rings is 2. The normalized spacial score (nSPS) is 14.6. The summed E-state index contributed by atoms with van der Waals surface area (Å²) >= 11 is 6.35. The minimum atomic E-state index is -0.463. The lowest BCUT2D eigenvalue weighted by Gasteiger charge is -2.35. The van der Waals surface area contributed by atoms with Gasteiger partial charge in [0, 0.05) is 29.5 Å². The minimum absolute atomic E-state index is 0.134. The third kappa shape index (κ3) is 4.59. The molecule has 0 saturated heterocycles. The first kappa shape index (κ1) is 20.7. The Morgan fingerprint density at radius 3 is 2.50 bits per heavy atom. The molecular formula is C25H26ClFN2O. The number of amides is 1. The first-order valence-corrected chi connectivity index (χ1v) is 10.9. The summed E-state index contributed by atoms with van der Waals surface area (Å²) < 4.78 is 16.5. The van der Waals surface area contributed by atoms with E-state index >= 15 is 0 Å². The van der Waals surface area contributed by atoms with Gasteiger partial charge in [0.05, 0.1) is 12.1 Å². The van der Waals surface area contributed by atoms with Crippen molar-refractivity contribution in [2.75, 3.05) is 0 Å². The molecule has 0 spiro atoms. The van der Waals surface area contributed by atoms with Crippen LogP contribution in [-0.2, 0) is 13.1 Å². The van der Waals surface area contributed by atoms with E-state index in [1.165, 1.54) is 12.5 Å². The van der Waals surface area contributed by atoms with Crippen molar-refractivity contribution in [3.63, 3.8) is 0 Å². The van der Waals surface area contributed by atoms with Crippen molar-refractivity contribution in [3.05, 3.63) is 94.5 Å². The van der Waals surface area contributed by atoms with Gasteiger partial charge < -0.3 is 9.47 Å². The topological polar surface area (TPSA) is 25.2 Å². The summed E-state index contributed by atoms with van der Waals surface area (Å²) in [7, 11) is 0. The second-order valence-corrected chi connectivity index (χ2v) is 8.33. The molecule has 3 nitrogen and oxygen atoms in total. The molecule has 0 atom stereocenters. The van der Waals surface area contributed by atoms with Crippen molar-refractivity contribution in [1.82, 2.24) is 9.47 Å². The average molecular weight is 425 g/mol. The van der Waals surface area contributed by atoms with Gasteiger partial charge in [0.25, 0.3) is 5.91 Å². The maximum atomic E-state index is 14.4. The molecule has 30 heavy (non-hydrogen) atoms. The summed E-state index contributed by atoms with van der Waals surface area (Å²) in [5, 5.41) is 0.726. The Morgan fingerprint density at radius 2 is 1.73 bits per heavy atom. The predicted molar refractivity (Wildman–Crippen MR) is 118 cm³/mol. The number of carbonyl (C=O) groups excluding carboxylic acids is 1. The van der Waals surface area contributed by atoms with Crippen LogP contribution in [0, 0.1) is 5.82 Å². The van der Waals surface area contributed by atoms with Crippen molar-refractivity contribution >= 4 is 17.5 Å². The Morgan fingerprint density at radius 1 is 1.00 bits per heavy atom. The van der Waals surface area contributed by atoms with Crippen LogP contribution in [0.15, 0.2) is 66.9 Å². The quantitative estimate of drug-likeness (QED) is 0.455. The molecule has 1 heterocycles.